The molecule has 0 heterocycles. The maximum Gasteiger partial charge on any atom is 0.188 e. The van der Waals surface area contributed by atoms with Crippen LogP contribution >= 0.6 is 0 Å². The Labute approximate surface area is 166 Å². The minimum absolute atomic E-state index is 0.0523. The number of hydrogen-bond acceptors (Lipinski definition) is 5. The molecule has 0 aliphatic rings. The number of guanidine groups is 1. The van der Waals surface area contributed by atoms with E-state index in [2.05, 4.69) is 10.3 Å². The molecule has 0 radical (unpaired) electrons. The van der Waals surface area contributed by atoms with Crippen molar-refractivity contribution in [2.45, 2.75) is 18.7 Å². The highest BCUT2D eigenvalue weighted by Crippen LogP contribution is 2.27. The summed E-state index contributed by atoms with van der Waals surface area (Å²) in [5.74, 6) is 1.70. The molecular formula is C20H27N3O4S. The summed E-state index contributed by atoms with van der Waals surface area (Å²) in [6, 6.07) is 14.7. The molecule has 2 aromatic carbocycles. The van der Waals surface area contributed by atoms with Gasteiger partial charge in [0, 0.05) is 6.54 Å². The number of benzene rings is 2. The largest absolute Gasteiger partial charge is 0.493 e. The summed E-state index contributed by atoms with van der Waals surface area (Å²) in [5.41, 5.74) is 7.58. The Morgan fingerprint density at radius 3 is 2.43 bits per heavy atom. The maximum absolute atomic E-state index is 12.2. The highest BCUT2D eigenvalue weighted by atomic mass is 32.2. The summed E-state index contributed by atoms with van der Waals surface area (Å²) in [5, 5.41) is 2.95. The summed E-state index contributed by atoms with van der Waals surface area (Å²) in [6.07, 6.45) is 0.460. The summed E-state index contributed by atoms with van der Waals surface area (Å²) >= 11 is 0. The molecule has 7 nitrogen and oxygen atoms in total. The average Bonchev–Trinajstić information content (AvgIpc) is 2.69. The van der Waals surface area contributed by atoms with Crippen LogP contribution in [0.5, 0.6) is 11.5 Å². The highest BCUT2D eigenvalue weighted by molar-refractivity contribution is 7.90. The number of nitrogens with two attached hydrogens (primary N) is 1. The predicted octanol–water partition coefficient (Wildman–Crippen LogP) is 2.11. The van der Waals surface area contributed by atoms with Gasteiger partial charge in [0.05, 0.1) is 32.3 Å². The van der Waals surface area contributed by atoms with Gasteiger partial charge in [0.2, 0.25) is 0 Å². The molecule has 3 N–H and O–H groups in total. The topological polar surface area (TPSA) is 103 Å². The second-order valence-corrected chi connectivity index (χ2v) is 8.43. The first-order chi connectivity index (χ1) is 13.4. The molecular weight excluding hydrogens is 378 g/mol. The summed E-state index contributed by atoms with van der Waals surface area (Å²) < 4.78 is 34.8. The molecule has 0 fully saturated rings. The number of nitrogens with one attached hydrogen (secondary N) is 1. The van der Waals surface area contributed by atoms with Gasteiger partial charge in [-0.15, -0.1) is 0 Å². The van der Waals surface area contributed by atoms with E-state index in [0.717, 1.165) is 11.1 Å². The van der Waals surface area contributed by atoms with Crippen LogP contribution in [0.2, 0.25) is 0 Å². The Balaban J connectivity index is 1.76. The van der Waals surface area contributed by atoms with Crippen LogP contribution in [0.15, 0.2) is 53.5 Å². The maximum atomic E-state index is 12.2. The molecule has 0 aliphatic heterocycles. The molecule has 8 heteroatoms. The molecule has 0 amide bonds. The molecule has 2 rings (SSSR count). The van der Waals surface area contributed by atoms with Crippen LogP contribution in [0.1, 0.15) is 17.5 Å². The molecule has 28 heavy (non-hydrogen) atoms. The Bertz CT molecular complexity index is 884. The molecule has 0 spiro atoms. The van der Waals surface area contributed by atoms with Crippen molar-refractivity contribution in [3.8, 4) is 11.5 Å². The molecule has 152 valence electrons. The normalized spacial score (nSPS) is 11.9. The molecule has 0 saturated carbocycles. The van der Waals surface area contributed by atoms with Crippen LogP contribution in [-0.2, 0) is 22.1 Å². The van der Waals surface area contributed by atoms with E-state index in [1.54, 1.807) is 14.2 Å². The molecule has 0 bridgehead atoms. The number of methoxy groups -OCH3 is 2. The van der Waals surface area contributed by atoms with Crippen molar-refractivity contribution in [1.82, 2.24) is 5.32 Å². The standard InChI is InChI=1S/C20H27N3O4S/c1-26-18-10-9-17(13-19(18)27-2)14-23-20(21)22-11-6-12-28(24,25)15-16-7-4-3-5-8-16/h3-5,7-10,13H,6,11-12,14-15H2,1-2H3,(H3,21,22,23). The lowest BCUT2D eigenvalue weighted by molar-refractivity contribution is 0.354. The molecule has 0 saturated heterocycles. The van der Waals surface area contributed by atoms with Gasteiger partial charge in [-0.1, -0.05) is 36.4 Å². The second kappa shape index (κ2) is 10.6. The summed E-state index contributed by atoms with van der Waals surface area (Å²) in [6.45, 7) is 0.820. The quantitative estimate of drug-likeness (QED) is 0.357. The number of sulfone groups is 1. The first kappa shape index (κ1) is 21.6. The SMILES string of the molecule is COc1ccc(CN=C(N)NCCCS(=O)(=O)Cc2ccccc2)cc1OC. The van der Waals surface area contributed by atoms with Gasteiger partial charge >= 0.3 is 0 Å². The first-order valence-electron chi connectivity index (χ1n) is 8.92. The van der Waals surface area contributed by atoms with Crippen molar-refractivity contribution in [3.05, 3.63) is 59.7 Å². The Hall–Kier alpha value is -2.74. The third-order valence-corrected chi connectivity index (χ3v) is 5.73. The van der Waals surface area contributed by atoms with Crippen LogP contribution in [0, 0.1) is 0 Å². The van der Waals surface area contributed by atoms with E-state index >= 15 is 0 Å². The number of hydrogen-bond donors (Lipinski definition) is 2. The monoisotopic (exact) mass is 405 g/mol. The minimum atomic E-state index is -3.15. The first-order valence-corrected chi connectivity index (χ1v) is 10.7. The summed E-state index contributed by atoms with van der Waals surface area (Å²) in [7, 11) is 0.00843. The van der Waals surface area contributed by atoms with Gasteiger partial charge in [0.25, 0.3) is 0 Å². The number of ether oxygens (including phenoxy) is 2. The van der Waals surface area contributed by atoms with Gasteiger partial charge in [-0.05, 0) is 29.7 Å². The Kier molecular flexibility index (Phi) is 8.13. The van der Waals surface area contributed by atoms with Crippen molar-refractivity contribution >= 4 is 15.8 Å². The van der Waals surface area contributed by atoms with Crippen molar-refractivity contribution in [3.63, 3.8) is 0 Å². The molecule has 0 aliphatic carbocycles. The van der Waals surface area contributed by atoms with Gasteiger partial charge in [-0.3, -0.25) is 0 Å². The number of aliphatic imine (C=N–C) groups is 1. The zero-order valence-corrected chi connectivity index (χ0v) is 17.0. The average molecular weight is 406 g/mol. The number of rotatable bonds is 10. The Morgan fingerprint density at radius 2 is 1.75 bits per heavy atom. The predicted molar refractivity (Wildman–Crippen MR) is 111 cm³/mol. The van der Waals surface area contributed by atoms with E-state index in [4.69, 9.17) is 15.2 Å². The minimum Gasteiger partial charge on any atom is -0.493 e. The molecule has 2 aromatic rings. The molecule has 0 atom stereocenters. The van der Waals surface area contributed by atoms with Gasteiger partial charge in [-0.2, -0.15) is 0 Å². The zero-order chi connectivity index (χ0) is 20.4. The lowest BCUT2D eigenvalue weighted by Gasteiger charge is -2.09. The van der Waals surface area contributed by atoms with Gasteiger partial charge in [0.15, 0.2) is 27.3 Å². The lowest BCUT2D eigenvalue weighted by atomic mass is 10.2. The second-order valence-electron chi connectivity index (χ2n) is 6.25. The zero-order valence-electron chi connectivity index (χ0n) is 16.2. The molecule has 0 unspecified atom stereocenters. The third-order valence-electron chi connectivity index (χ3n) is 4.05. The van der Waals surface area contributed by atoms with E-state index in [9.17, 15) is 8.42 Å². The van der Waals surface area contributed by atoms with Crippen molar-refractivity contribution < 1.29 is 17.9 Å². The summed E-state index contributed by atoms with van der Waals surface area (Å²) in [4.78, 5) is 4.26. The fraction of sp³-hybridized carbons (Fsp3) is 0.350. The van der Waals surface area contributed by atoms with E-state index in [0.29, 0.717) is 31.0 Å². The van der Waals surface area contributed by atoms with Crippen LogP contribution in [0.25, 0.3) is 0 Å². The van der Waals surface area contributed by atoms with E-state index in [-0.39, 0.29) is 17.5 Å². The third kappa shape index (κ3) is 7.11. The van der Waals surface area contributed by atoms with Crippen molar-refractivity contribution in [2.24, 2.45) is 10.7 Å². The van der Waals surface area contributed by atoms with Gasteiger partial charge < -0.3 is 20.5 Å². The van der Waals surface area contributed by atoms with Crippen LogP contribution in [-0.4, -0.2) is 40.9 Å². The van der Waals surface area contributed by atoms with Crippen molar-refractivity contribution in [2.75, 3.05) is 26.5 Å². The van der Waals surface area contributed by atoms with Crippen LogP contribution < -0.4 is 20.5 Å². The van der Waals surface area contributed by atoms with Gasteiger partial charge in [-0.25, -0.2) is 13.4 Å². The van der Waals surface area contributed by atoms with E-state index in [1.807, 2.05) is 48.5 Å². The van der Waals surface area contributed by atoms with Crippen molar-refractivity contribution in [1.29, 1.82) is 0 Å². The smallest absolute Gasteiger partial charge is 0.188 e. The molecule has 0 aromatic heterocycles. The number of nitrogens with zero attached hydrogens (tertiary/aromatic N) is 1. The fourth-order valence-electron chi connectivity index (χ4n) is 2.62. The highest BCUT2D eigenvalue weighted by Gasteiger charge is 2.11. The van der Waals surface area contributed by atoms with Crippen LogP contribution in [0.3, 0.4) is 0 Å². The van der Waals surface area contributed by atoms with E-state index in [1.165, 1.54) is 0 Å². The Morgan fingerprint density at radius 1 is 1.04 bits per heavy atom. The lowest BCUT2D eigenvalue weighted by Crippen LogP contribution is -2.33. The van der Waals surface area contributed by atoms with Crippen LogP contribution in [0.4, 0.5) is 0 Å². The fourth-order valence-corrected chi connectivity index (χ4v) is 4.05. The van der Waals surface area contributed by atoms with E-state index < -0.39 is 9.84 Å². The van der Waals surface area contributed by atoms with Gasteiger partial charge in [0.1, 0.15) is 0 Å².